The summed E-state index contributed by atoms with van der Waals surface area (Å²) in [5.74, 6) is 0.854. The van der Waals surface area contributed by atoms with Gasteiger partial charge in [0.05, 0.1) is 26.2 Å². The quantitative estimate of drug-likeness (QED) is 0.480. The molecule has 0 aliphatic heterocycles. The number of rotatable bonds is 12. The molecule has 0 aliphatic carbocycles. The van der Waals surface area contributed by atoms with Crippen LogP contribution in [0.2, 0.25) is 0 Å². The lowest BCUT2D eigenvalue weighted by Gasteiger charge is -2.40. The zero-order valence-corrected chi connectivity index (χ0v) is 15.8. The Kier molecular flexibility index (Phi) is 15.4. The van der Waals surface area contributed by atoms with Gasteiger partial charge in [0.2, 0.25) is 0 Å². The molecular weight excluding hydrogens is 298 g/mol. The van der Waals surface area contributed by atoms with Crippen molar-refractivity contribution < 1.29 is 21.5 Å². The van der Waals surface area contributed by atoms with E-state index in [4.69, 9.17) is 0 Å². The van der Waals surface area contributed by atoms with Gasteiger partial charge in [0, 0.05) is 0 Å². The van der Waals surface area contributed by atoms with E-state index < -0.39 is 0 Å². The summed E-state index contributed by atoms with van der Waals surface area (Å²) in [5, 5.41) is 0. The fraction of sp³-hybridized carbons (Fsp3) is 1.00. The molecule has 0 amide bonds. The molecule has 0 heterocycles. The number of halogens is 1. The fourth-order valence-corrected chi connectivity index (χ4v) is 2.68. The van der Waals surface area contributed by atoms with Gasteiger partial charge in [-0.15, -0.1) is 0 Å². The van der Waals surface area contributed by atoms with Crippen molar-refractivity contribution in [3.8, 4) is 0 Å². The highest BCUT2D eigenvalue weighted by Gasteiger charge is 2.25. The zero-order valence-electron chi connectivity index (χ0n) is 14.2. The maximum atomic E-state index is 2.37. The van der Waals surface area contributed by atoms with Gasteiger partial charge in [0.1, 0.15) is 0 Å². The maximum absolute atomic E-state index is 2.37. The Bertz CT molecular complexity index is 158. The van der Waals surface area contributed by atoms with Crippen LogP contribution in [0.1, 0.15) is 79.6 Å². The summed E-state index contributed by atoms with van der Waals surface area (Å²) in [5.41, 5.74) is 0. The molecule has 1 nitrogen and oxygen atoms in total. The van der Waals surface area contributed by atoms with Gasteiger partial charge in [0.15, 0.2) is 0 Å². The Labute approximate surface area is 133 Å². The molecule has 0 saturated heterocycles. The van der Waals surface area contributed by atoms with E-state index in [0.717, 1.165) is 5.92 Å². The Hall–Kier alpha value is 0.440. The molecule has 0 N–H and O–H groups in total. The Balaban J connectivity index is 0. The summed E-state index contributed by atoms with van der Waals surface area (Å²) in [6, 6.07) is 0. The van der Waals surface area contributed by atoms with Gasteiger partial charge in [-0.05, 0) is 31.6 Å². The highest BCUT2D eigenvalue weighted by atomic mass is 79.9. The SMILES string of the molecule is CCCC[N+](CCCC)(CCCC)CCC(C)C.[Br-]. The van der Waals surface area contributed by atoms with Crippen molar-refractivity contribution in [2.24, 2.45) is 5.92 Å². The van der Waals surface area contributed by atoms with Crippen LogP contribution in [0.25, 0.3) is 0 Å². The molecule has 0 aromatic heterocycles. The van der Waals surface area contributed by atoms with Crippen LogP contribution in [0.5, 0.6) is 0 Å². The largest absolute Gasteiger partial charge is 1.00 e. The lowest BCUT2D eigenvalue weighted by Crippen LogP contribution is -3.00. The van der Waals surface area contributed by atoms with Crippen LogP contribution < -0.4 is 17.0 Å². The summed E-state index contributed by atoms with van der Waals surface area (Å²) in [4.78, 5) is 0. The third-order valence-electron chi connectivity index (χ3n) is 4.14. The van der Waals surface area contributed by atoms with Crippen molar-refractivity contribution >= 4 is 0 Å². The van der Waals surface area contributed by atoms with Crippen molar-refractivity contribution in [3.05, 3.63) is 0 Å². The fourth-order valence-electron chi connectivity index (χ4n) is 2.68. The summed E-state index contributed by atoms with van der Waals surface area (Å²) in [6.07, 6.45) is 9.67. The lowest BCUT2D eigenvalue weighted by molar-refractivity contribution is -0.929. The molecular formula is C17H38BrN. The van der Waals surface area contributed by atoms with Crippen molar-refractivity contribution in [2.45, 2.75) is 79.6 Å². The van der Waals surface area contributed by atoms with E-state index >= 15 is 0 Å². The second kappa shape index (κ2) is 13.4. The number of hydrogen-bond acceptors (Lipinski definition) is 0. The van der Waals surface area contributed by atoms with E-state index in [1.807, 2.05) is 0 Å². The molecule has 0 fully saturated rings. The van der Waals surface area contributed by atoms with E-state index in [9.17, 15) is 0 Å². The second-order valence-corrected chi connectivity index (χ2v) is 6.48. The number of quaternary nitrogens is 1. The molecule has 0 spiro atoms. The molecule has 0 aromatic carbocycles. The smallest absolute Gasteiger partial charge is 0.0789 e. The molecule has 19 heavy (non-hydrogen) atoms. The molecule has 0 rings (SSSR count). The summed E-state index contributed by atoms with van der Waals surface area (Å²) in [7, 11) is 0. The van der Waals surface area contributed by atoms with Gasteiger partial charge < -0.3 is 21.5 Å². The predicted octanol–water partition coefficient (Wildman–Crippen LogP) is 2.25. The van der Waals surface area contributed by atoms with E-state index in [2.05, 4.69) is 34.6 Å². The highest BCUT2D eigenvalue weighted by Crippen LogP contribution is 2.17. The topological polar surface area (TPSA) is 0 Å². The third kappa shape index (κ3) is 10.8. The molecule has 118 valence electrons. The van der Waals surface area contributed by atoms with E-state index in [1.54, 1.807) is 0 Å². The molecule has 0 aromatic rings. The van der Waals surface area contributed by atoms with Crippen LogP contribution in [0.4, 0.5) is 0 Å². The summed E-state index contributed by atoms with van der Waals surface area (Å²) >= 11 is 0. The molecule has 2 heteroatoms. The van der Waals surface area contributed by atoms with Gasteiger partial charge in [0.25, 0.3) is 0 Å². The minimum atomic E-state index is 0. The van der Waals surface area contributed by atoms with Crippen LogP contribution in [0.3, 0.4) is 0 Å². The third-order valence-corrected chi connectivity index (χ3v) is 4.14. The number of unbranched alkanes of at least 4 members (excludes halogenated alkanes) is 3. The van der Waals surface area contributed by atoms with E-state index in [1.165, 1.54) is 75.6 Å². The van der Waals surface area contributed by atoms with E-state index in [0.29, 0.717) is 0 Å². The molecule has 0 atom stereocenters. The zero-order chi connectivity index (χ0) is 13.9. The van der Waals surface area contributed by atoms with Gasteiger partial charge in [-0.25, -0.2) is 0 Å². The average Bonchev–Trinajstić information content (AvgIpc) is 2.37. The summed E-state index contributed by atoms with van der Waals surface area (Å²) in [6.45, 7) is 17.4. The van der Waals surface area contributed by atoms with Gasteiger partial charge in [-0.3, -0.25) is 0 Å². The number of hydrogen-bond donors (Lipinski definition) is 0. The first-order valence-electron chi connectivity index (χ1n) is 8.45. The Morgan fingerprint density at radius 2 is 1.05 bits per heavy atom. The van der Waals surface area contributed by atoms with Gasteiger partial charge in [-0.2, -0.15) is 0 Å². The maximum Gasteiger partial charge on any atom is 0.0789 e. The molecule has 0 radical (unpaired) electrons. The minimum Gasteiger partial charge on any atom is -1.00 e. The average molecular weight is 336 g/mol. The first kappa shape index (κ1) is 21.7. The molecule has 0 aliphatic rings. The number of nitrogens with zero attached hydrogens (tertiary/aromatic N) is 1. The van der Waals surface area contributed by atoms with Crippen LogP contribution in [-0.4, -0.2) is 30.7 Å². The second-order valence-electron chi connectivity index (χ2n) is 6.48. The molecule has 0 unspecified atom stereocenters. The lowest BCUT2D eigenvalue weighted by atomic mass is 10.1. The summed E-state index contributed by atoms with van der Waals surface area (Å²) < 4.78 is 1.41. The van der Waals surface area contributed by atoms with Crippen molar-refractivity contribution in [3.63, 3.8) is 0 Å². The first-order chi connectivity index (χ1) is 8.60. The van der Waals surface area contributed by atoms with Crippen molar-refractivity contribution in [1.82, 2.24) is 0 Å². The van der Waals surface area contributed by atoms with Crippen LogP contribution in [0.15, 0.2) is 0 Å². The highest BCUT2D eigenvalue weighted by molar-refractivity contribution is 4.51. The predicted molar refractivity (Wildman–Crippen MR) is 83.9 cm³/mol. The minimum absolute atomic E-state index is 0. The van der Waals surface area contributed by atoms with Crippen LogP contribution in [0, 0.1) is 5.92 Å². The molecule has 0 saturated carbocycles. The normalized spacial score (nSPS) is 11.7. The van der Waals surface area contributed by atoms with Crippen LogP contribution in [-0.2, 0) is 0 Å². The van der Waals surface area contributed by atoms with Crippen LogP contribution >= 0.6 is 0 Å². The Morgan fingerprint density at radius 1 is 0.684 bits per heavy atom. The molecule has 0 bridgehead atoms. The monoisotopic (exact) mass is 335 g/mol. The standard InChI is InChI=1S/C17H38N.BrH/c1-6-9-13-18(14-10-7-2,15-11-8-3)16-12-17(4)5;/h17H,6-16H2,1-5H3;1H/q+1;/p-1. The Morgan fingerprint density at radius 3 is 1.32 bits per heavy atom. The van der Waals surface area contributed by atoms with Gasteiger partial charge in [-0.1, -0.05) is 53.9 Å². The first-order valence-corrected chi connectivity index (χ1v) is 8.45. The van der Waals surface area contributed by atoms with Gasteiger partial charge >= 0.3 is 0 Å². The van der Waals surface area contributed by atoms with E-state index in [-0.39, 0.29) is 17.0 Å². The van der Waals surface area contributed by atoms with Crippen molar-refractivity contribution in [1.29, 1.82) is 0 Å². The van der Waals surface area contributed by atoms with Crippen molar-refractivity contribution in [2.75, 3.05) is 26.2 Å².